The Labute approximate surface area is 113 Å². The quantitative estimate of drug-likeness (QED) is 0.593. The van der Waals surface area contributed by atoms with Crippen LogP contribution in [0.3, 0.4) is 0 Å². The van der Waals surface area contributed by atoms with Gasteiger partial charge in [-0.3, -0.25) is 0 Å². The van der Waals surface area contributed by atoms with E-state index in [0.29, 0.717) is 36.8 Å². The van der Waals surface area contributed by atoms with Crippen molar-refractivity contribution < 1.29 is 14.3 Å². The van der Waals surface area contributed by atoms with Gasteiger partial charge in [0.15, 0.2) is 5.82 Å². The maximum atomic E-state index is 11.6. The Hall–Kier alpha value is -1.82. The Morgan fingerprint density at radius 2 is 2.21 bits per heavy atom. The Morgan fingerprint density at radius 1 is 1.47 bits per heavy atom. The van der Waals surface area contributed by atoms with Crippen molar-refractivity contribution >= 4 is 17.5 Å². The third-order valence-electron chi connectivity index (χ3n) is 2.77. The molecule has 0 aliphatic rings. The molecule has 1 rings (SSSR count). The fourth-order valence-corrected chi connectivity index (χ4v) is 1.73. The highest BCUT2D eigenvalue weighted by Crippen LogP contribution is 2.24. The Bertz CT molecular complexity index is 424. The van der Waals surface area contributed by atoms with Crippen LogP contribution in [0.1, 0.15) is 24.2 Å². The van der Waals surface area contributed by atoms with Gasteiger partial charge >= 0.3 is 5.97 Å². The molecule has 0 aromatic carbocycles. The van der Waals surface area contributed by atoms with E-state index in [2.05, 4.69) is 4.98 Å². The number of carbonyl (C=O) groups is 1. The van der Waals surface area contributed by atoms with Crippen LogP contribution >= 0.6 is 0 Å². The summed E-state index contributed by atoms with van der Waals surface area (Å²) in [6, 6.07) is 1.56. The van der Waals surface area contributed by atoms with E-state index in [-0.39, 0.29) is 0 Å². The maximum Gasteiger partial charge on any atom is 0.340 e. The summed E-state index contributed by atoms with van der Waals surface area (Å²) >= 11 is 0. The lowest BCUT2D eigenvalue weighted by molar-refractivity contribution is 0.0602. The standard InChI is InChI=1S/C13H21N3O3/c1-4-16(8-9-19-5-2)12-11(14)10(6-7-15-12)13(17)18-3/h6-7H,4-5,8-9,14H2,1-3H3. The monoisotopic (exact) mass is 267 g/mol. The summed E-state index contributed by atoms with van der Waals surface area (Å²) in [4.78, 5) is 17.8. The van der Waals surface area contributed by atoms with Crippen LogP contribution in [-0.2, 0) is 9.47 Å². The van der Waals surface area contributed by atoms with Crippen LogP contribution in [0, 0.1) is 0 Å². The summed E-state index contributed by atoms with van der Waals surface area (Å²) in [6.45, 7) is 6.61. The first-order valence-corrected chi connectivity index (χ1v) is 6.31. The molecular weight excluding hydrogens is 246 g/mol. The van der Waals surface area contributed by atoms with E-state index >= 15 is 0 Å². The third-order valence-corrected chi connectivity index (χ3v) is 2.77. The van der Waals surface area contributed by atoms with Gasteiger partial charge in [0.2, 0.25) is 0 Å². The van der Waals surface area contributed by atoms with E-state index in [1.165, 1.54) is 7.11 Å². The second-order valence-electron chi connectivity index (χ2n) is 3.86. The van der Waals surface area contributed by atoms with Crippen LogP contribution in [-0.4, -0.2) is 44.4 Å². The molecule has 0 saturated carbocycles. The highest BCUT2D eigenvalue weighted by molar-refractivity contribution is 5.97. The number of nitrogens with two attached hydrogens (primary N) is 1. The van der Waals surface area contributed by atoms with Crippen LogP contribution in [0.5, 0.6) is 0 Å². The normalized spacial score (nSPS) is 10.3. The number of nitrogens with zero attached hydrogens (tertiary/aromatic N) is 2. The molecule has 6 nitrogen and oxygen atoms in total. The van der Waals surface area contributed by atoms with Gasteiger partial charge in [0.25, 0.3) is 0 Å². The predicted molar refractivity (Wildman–Crippen MR) is 74.4 cm³/mol. The molecule has 2 N–H and O–H groups in total. The van der Waals surface area contributed by atoms with E-state index < -0.39 is 5.97 Å². The molecule has 0 fully saturated rings. The number of carbonyl (C=O) groups excluding carboxylic acids is 1. The Morgan fingerprint density at radius 3 is 2.79 bits per heavy atom. The van der Waals surface area contributed by atoms with Gasteiger partial charge in [-0.2, -0.15) is 0 Å². The SMILES string of the molecule is CCOCCN(CC)c1nccc(C(=O)OC)c1N. The number of methoxy groups -OCH3 is 1. The van der Waals surface area contributed by atoms with E-state index in [1.807, 2.05) is 18.7 Å². The summed E-state index contributed by atoms with van der Waals surface area (Å²) < 4.78 is 10.0. The van der Waals surface area contributed by atoms with Crippen molar-refractivity contribution in [1.29, 1.82) is 0 Å². The number of nitrogen functional groups attached to an aromatic ring is 1. The molecular formula is C13H21N3O3. The van der Waals surface area contributed by atoms with Crippen molar-refractivity contribution in [2.45, 2.75) is 13.8 Å². The first-order valence-electron chi connectivity index (χ1n) is 6.31. The van der Waals surface area contributed by atoms with Gasteiger partial charge in [-0.1, -0.05) is 0 Å². The smallest absolute Gasteiger partial charge is 0.340 e. The van der Waals surface area contributed by atoms with Crippen LogP contribution < -0.4 is 10.6 Å². The number of esters is 1. The first-order chi connectivity index (χ1) is 9.15. The topological polar surface area (TPSA) is 77.7 Å². The average Bonchev–Trinajstić information content (AvgIpc) is 2.44. The van der Waals surface area contributed by atoms with E-state index in [4.69, 9.17) is 15.2 Å². The van der Waals surface area contributed by atoms with Crippen molar-refractivity contribution in [1.82, 2.24) is 4.98 Å². The zero-order valence-electron chi connectivity index (χ0n) is 11.7. The average molecular weight is 267 g/mol. The molecule has 0 unspecified atom stereocenters. The second kappa shape index (κ2) is 7.58. The van der Waals surface area contributed by atoms with Gasteiger partial charge in [-0.15, -0.1) is 0 Å². The molecule has 0 spiro atoms. The molecule has 106 valence electrons. The van der Waals surface area contributed by atoms with Gasteiger partial charge < -0.3 is 20.1 Å². The zero-order valence-corrected chi connectivity index (χ0v) is 11.7. The van der Waals surface area contributed by atoms with Crippen molar-refractivity contribution in [3.8, 4) is 0 Å². The third kappa shape index (κ3) is 3.82. The summed E-state index contributed by atoms with van der Waals surface area (Å²) in [7, 11) is 1.33. The molecule has 0 radical (unpaired) electrons. The van der Waals surface area contributed by atoms with E-state index in [9.17, 15) is 4.79 Å². The Kier molecular flexibility index (Phi) is 6.08. The molecule has 1 aromatic heterocycles. The molecule has 0 bridgehead atoms. The fourth-order valence-electron chi connectivity index (χ4n) is 1.73. The maximum absolute atomic E-state index is 11.6. The van der Waals surface area contributed by atoms with Crippen molar-refractivity contribution in [3.05, 3.63) is 17.8 Å². The first kappa shape index (κ1) is 15.2. The van der Waals surface area contributed by atoms with Crippen LogP contribution in [0.2, 0.25) is 0 Å². The van der Waals surface area contributed by atoms with Gasteiger partial charge in [0.05, 0.1) is 25.0 Å². The molecule has 0 saturated heterocycles. The molecule has 0 amide bonds. The number of ether oxygens (including phenoxy) is 2. The number of aromatic nitrogens is 1. The van der Waals surface area contributed by atoms with Gasteiger partial charge in [-0.05, 0) is 19.9 Å². The largest absolute Gasteiger partial charge is 0.465 e. The Balaban J connectivity index is 2.94. The molecule has 1 aromatic rings. The minimum Gasteiger partial charge on any atom is -0.465 e. The molecule has 6 heteroatoms. The lowest BCUT2D eigenvalue weighted by Crippen LogP contribution is -2.29. The number of pyridine rings is 1. The summed E-state index contributed by atoms with van der Waals surface area (Å²) in [6.07, 6.45) is 1.56. The van der Waals surface area contributed by atoms with Crippen LogP contribution in [0.25, 0.3) is 0 Å². The summed E-state index contributed by atoms with van der Waals surface area (Å²) in [5, 5.41) is 0. The highest BCUT2D eigenvalue weighted by Gasteiger charge is 2.17. The fraction of sp³-hybridized carbons (Fsp3) is 0.538. The van der Waals surface area contributed by atoms with Gasteiger partial charge in [0.1, 0.15) is 0 Å². The number of hydrogen-bond donors (Lipinski definition) is 1. The van der Waals surface area contributed by atoms with Gasteiger partial charge in [0, 0.05) is 25.9 Å². The molecule has 19 heavy (non-hydrogen) atoms. The minimum atomic E-state index is -0.456. The second-order valence-corrected chi connectivity index (χ2v) is 3.86. The lowest BCUT2D eigenvalue weighted by atomic mass is 10.2. The number of likely N-dealkylation sites (N-methyl/N-ethyl adjacent to an activating group) is 1. The molecule has 0 atom stereocenters. The van der Waals surface area contributed by atoms with E-state index in [1.54, 1.807) is 12.3 Å². The van der Waals surface area contributed by atoms with Gasteiger partial charge in [-0.25, -0.2) is 9.78 Å². The van der Waals surface area contributed by atoms with Crippen LogP contribution in [0.4, 0.5) is 11.5 Å². The number of hydrogen-bond acceptors (Lipinski definition) is 6. The van der Waals surface area contributed by atoms with Crippen molar-refractivity contribution in [2.75, 3.05) is 44.0 Å². The van der Waals surface area contributed by atoms with Crippen molar-refractivity contribution in [3.63, 3.8) is 0 Å². The summed E-state index contributed by atoms with van der Waals surface area (Å²) in [5.74, 6) is 0.132. The summed E-state index contributed by atoms with van der Waals surface area (Å²) in [5.41, 5.74) is 6.67. The molecule has 0 aliphatic heterocycles. The molecule has 1 heterocycles. The highest BCUT2D eigenvalue weighted by atomic mass is 16.5. The zero-order chi connectivity index (χ0) is 14.3. The minimum absolute atomic E-state index is 0.336. The lowest BCUT2D eigenvalue weighted by Gasteiger charge is -2.23. The predicted octanol–water partition coefficient (Wildman–Crippen LogP) is 1.31. The number of anilines is 2. The molecule has 0 aliphatic carbocycles. The van der Waals surface area contributed by atoms with Crippen LogP contribution in [0.15, 0.2) is 12.3 Å². The van der Waals surface area contributed by atoms with E-state index in [0.717, 1.165) is 6.54 Å². The van der Waals surface area contributed by atoms with Crippen molar-refractivity contribution in [2.24, 2.45) is 0 Å². The number of rotatable bonds is 7.